The van der Waals surface area contributed by atoms with E-state index >= 15 is 0 Å². The molecular weight excluding hydrogens is 395 g/mol. The van der Waals surface area contributed by atoms with E-state index in [1.54, 1.807) is 11.3 Å². The minimum atomic E-state index is 0. The summed E-state index contributed by atoms with van der Waals surface area (Å²) in [5.74, 6) is 0.916. The summed E-state index contributed by atoms with van der Waals surface area (Å²) in [5, 5.41) is 5.55. The van der Waals surface area contributed by atoms with Gasteiger partial charge in [-0.2, -0.15) is 0 Å². The van der Waals surface area contributed by atoms with Crippen LogP contribution in [-0.4, -0.2) is 29.5 Å². The lowest BCUT2D eigenvalue weighted by atomic mass is 10.3. The molecule has 2 aromatic heterocycles. The Morgan fingerprint density at radius 2 is 2.19 bits per heavy atom. The van der Waals surface area contributed by atoms with Crippen molar-refractivity contribution in [3.63, 3.8) is 0 Å². The van der Waals surface area contributed by atoms with Crippen LogP contribution in [0.25, 0.3) is 0 Å². The zero-order chi connectivity index (χ0) is 14.5. The molecular formula is C15H23IN4S. The summed E-state index contributed by atoms with van der Waals surface area (Å²) in [6.45, 7) is 3.81. The van der Waals surface area contributed by atoms with E-state index < -0.39 is 0 Å². The Bertz CT molecular complexity index is 588. The minimum Gasteiger partial charge on any atom is -0.353 e. The Labute approximate surface area is 147 Å². The second-order valence-electron chi connectivity index (χ2n) is 4.89. The highest BCUT2D eigenvalue weighted by Gasteiger charge is 2.09. The number of nitrogens with one attached hydrogen (secondary N) is 1. The molecule has 21 heavy (non-hydrogen) atoms. The topological polar surface area (TPSA) is 32.6 Å². The third-order valence-corrected chi connectivity index (χ3v) is 4.42. The van der Waals surface area contributed by atoms with Crippen molar-refractivity contribution in [3.05, 3.63) is 45.9 Å². The van der Waals surface area contributed by atoms with Gasteiger partial charge in [-0.1, -0.05) is 0 Å². The van der Waals surface area contributed by atoms with Gasteiger partial charge in [0.2, 0.25) is 0 Å². The van der Waals surface area contributed by atoms with Crippen LogP contribution in [0.4, 0.5) is 0 Å². The number of aliphatic imine (C=N–C) groups is 1. The van der Waals surface area contributed by atoms with Gasteiger partial charge < -0.3 is 14.8 Å². The summed E-state index contributed by atoms with van der Waals surface area (Å²) in [4.78, 5) is 7.85. The van der Waals surface area contributed by atoms with Gasteiger partial charge in [-0.3, -0.25) is 4.99 Å². The van der Waals surface area contributed by atoms with Crippen LogP contribution in [0, 0.1) is 6.92 Å². The highest BCUT2D eigenvalue weighted by molar-refractivity contribution is 14.0. The molecule has 0 amide bonds. The first-order chi connectivity index (χ1) is 9.61. The summed E-state index contributed by atoms with van der Waals surface area (Å²) in [7, 11) is 5.95. The van der Waals surface area contributed by atoms with Gasteiger partial charge >= 0.3 is 0 Å². The second kappa shape index (κ2) is 8.43. The summed E-state index contributed by atoms with van der Waals surface area (Å²) in [5.41, 5.74) is 2.60. The molecule has 0 saturated heterocycles. The molecule has 1 N–H and O–H groups in total. The van der Waals surface area contributed by atoms with Crippen LogP contribution >= 0.6 is 35.3 Å². The van der Waals surface area contributed by atoms with E-state index in [-0.39, 0.29) is 24.0 Å². The number of thiophene rings is 1. The Balaban J connectivity index is 0.00000220. The van der Waals surface area contributed by atoms with E-state index in [1.165, 1.54) is 16.1 Å². The van der Waals surface area contributed by atoms with Crippen molar-refractivity contribution in [1.29, 1.82) is 0 Å². The first-order valence-electron chi connectivity index (χ1n) is 6.66. The molecule has 2 aromatic rings. The van der Waals surface area contributed by atoms with Gasteiger partial charge in [0.15, 0.2) is 5.96 Å². The molecule has 0 unspecified atom stereocenters. The zero-order valence-corrected chi connectivity index (χ0v) is 16.1. The molecule has 4 nitrogen and oxygen atoms in total. The number of rotatable bonds is 4. The molecule has 0 aliphatic carbocycles. The highest BCUT2D eigenvalue weighted by Crippen LogP contribution is 2.15. The number of hydrogen-bond acceptors (Lipinski definition) is 2. The molecule has 0 fully saturated rings. The monoisotopic (exact) mass is 418 g/mol. The van der Waals surface area contributed by atoms with E-state index in [2.05, 4.69) is 70.6 Å². The Hall–Kier alpha value is -1.02. The van der Waals surface area contributed by atoms with Crippen LogP contribution in [0.2, 0.25) is 0 Å². The fraction of sp³-hybridized carbons (Fsp3) is 0.400. The second-order valence-corrected chi connectivity index (χ2v) is 5.89. The third kappa shape index (κ3) is 4.74. The molecule has 2 rings (SSSR count). The third-order valence-electron chi connectivity index (χ3n) is 3.40. The lowest BCUT2D eigenvalue weighted by molar-refractivity contribution is 0.462. The molecule has 0 aromatic carbocycles. The predicted molar refractivity (Wildman–Crippen MR) is 102 cm³/mol. The van der Waals surface area contributed by atoms with Gasteiger partial charge in [-0.05, 0) is 36.1 Å². The summed E-state index contributed by atoms with van der Waals surface area (Å²) >= 11 is 1.78. The van der Waals surface area contributed by atoms with Crippen LogP contribution < -0.4 is 5.32 Å². The van der Waals surface area contributed by atoms with Crippen molar-refractivity contribution in [2.75, 3.05) is 14.1 Å². The summed E-state index contributed by atoms with van der Waals surface area (Å²) < 4.78 is 2.13. The average molecular weight is 418 g/mol. The molecule has 0 aliphatic heterocycles. The molecule has 6 heteroatoms. The number of nitrogens with zero attached hydrogens (tertiary/aromatic N) is 3. The van der Waals surface area contributed by atoms with E-state index in [0.29, 0.717) is 0 Å². The number of guanidine groups is 1. The van der Waals surface area contributed by atoms with E-state index in [4.69, 9.17) is 0 Å². The maximum absolute atomic E-state index is 4.35. The van der Waals surface area contributed by atoms with Gasteiger partial charge in [0, 0.05) is 37.9 Å². The van der Waals surface area contributed by atoms with Gasteiger partial charge in [0.05, 0.1) is 13.1 Å². The van der Waals surface area contributed by atoms with Crippen molar-refractivity contribution in [3.8, 4) is 0 Å². The van der Waals surface area contributed by atoms with Gasteiger partial charge in [0.25, 0.3) is 0 Å². The first-order valence-corrected chi connectivity index (χ1v) is 7.54. The van der Waals surface area contributed by atoms with Crippen LogP contribution in [0.5, 0.6) is 0 Å². The molecule has 0 atom stereocenters. The number of hydrogen-bond donors (Lipinski definition) is 1. The Morgan fingerprint density at radius 1 is 1.43 bits per heavy atom. The van der Waals surface area contributed by atoms with Crippen LogP contribution in [-0.2, 0) is 20.1 Å². The van der Waals surface area contributed by atoms with Crippen molar-refractivity contribution in [2.45, 2.75) is 20.0 Å². The average Bonchev–Trinajstić information content (AvgIpc) is 3.00. The molecule has 2 heterocycles. The van der Waals surface area contributed by atoms with Crippen molar-refractivity contribution in [1.82, 2.24) is 14.8 Å². The summed E-state index contributed by atoms with van der Waals surface area (Å²) in [6, 6.07) is 6.35. The Kier molecular flexibility index (Phi) is 7.24. The molecule has 116 valence electrons. The lowest BCUT2D eigenvalue weighted by Gasteiger charge is -2.22. The van der Waals surface area contributed by atoms with Crippen molar-refractivity contribution < 1.29 is 0 Å². The smallest absolute Gasteiger partial charge is 0.194 e. The Morgan fingerprint density at radius 3 is 2.71 bits per heavy atom. The molecule has 0 aliphatic rings. The fourth-order valence-corrected chi connectivity index (χ4v) is 2.95. The predicted octanol–water partition coefficient (Wildman–Crippen LogP) is 3.22. The van der Waals surface area contributed by atoms with Gasteiger partial charge in [-0.25, -0.2) is 0 Å². The molecule has 0 bridgehead atoms. The molecule has 0 radical (unpaired) electrons. The normalized spacial score (nSPS) is 11.1. The number of aryl methyl sites for hydroxylation is 2. The molecule has 0 saturated carbocycles. The minimum absolute atomic E-state index is 0. The standard InChI is InChI=1S/C15H22N4S.HI/c1-12-7-9-20-14(12)10-17-15(16-2)19(4)11-13-6-5-8-18(13)3;/h5-9H,10-11H2,1-4H3,(H,16,17);1H. The highest BCUT2D eigenvalue weighted by atomic mass is 127. The quantitative estimate of drug-likeness (QED) is 0.470. The van der Waals surface area contributed by atoms with Crippen LogP contribution in [0.15, 0.2) is 34.8 Å². The van der Waals surface area contributed by atoms with E-state index in [0.717, 1.165) is 19.0 Å². The SMILES string of the molecule is CN=C(NCc1sccc1C)N(C)Cc1cccn1C.I. The van der Waals surface area contributed by atoms with E-state index in [1.807, 2.05) is 7.05 Å². The van der Waals surface area contributed by atoms with Crippen LogP contribution in [0.3, 0.4) is 0 Å². The van der Waals surface area contributed by atoms with Gasteiger partial charge in [0.1, 0.15) is 0 Å². The van der Waals surface area contributed by atoms with Crippen LogP contribution in [0.1, 0.15) is 16.1 Å². The zero-order valence-electron chi connectivity index (χ0n) is 13.0. The van der Waals surface area contributed by atoms with Crippen molar-refractivity contribution >= 4 is 41.3 Å². The van der Waals surface area contributed by atoms with Gasteiger partial charge in [-0.15, -0.1) is 35.3 Å². The summed E-state index contributed by atoms with van der Waals surface area (Å²) in [6.07, 6.45) is 2.06. The largest absolute Gasteiger partial charge is 0.353 e. The molecule has 0 spiro atoms. The van der Waals surface area contributed by atoms with E-state index in [9.17, 15) is 0 Å². The number of aromatic nitrogens is 1. The first kappa shape index (κ1) is 18.0. The maximum atomic E-state index is 4.35. The maximum Gasteiger partial charge on any atom is 0.194 e. The van der Waals surface area contributed by atoms with Crippen molar-refractivity contribution in [2.24, 2.45) is 12.0 Å². The fourth-order valence-electron chi connectivity index (χ4n) is 2.11. The lowest BCUT2D eigenvalue weighted by Crippen LogP contribution is -2.38. The number of halogens is 1.